The zero-order chi connectivity index (χ0) is 31.1. The highest BCUT2D eigenvalue weighted by Gasteiger charge is 2.17. The number of ether oxygens (including phenoxy) is 3. The molecule has 0 aliphatic heterocycles. The van der Waals surface area contributed by atoms with E-state index in [9.17, 15) is 9.59 Å². The number of carbonyl (C=O) groups excluding carboxylic acids is 2. The van der Waals surface area contributed by atoms with Crippen molar-refractivity contribution in [3.8, 4) is 22.6 Å². The minimum Gasteiger partial charge on any atom is -0.494 e. The molecule has 0 radical (unpaired) electrons. The van der Waals surface area contributed by atoms with Gasteiger partial charge in [-0.25, -0.2) is 4.79 Å². The van der Waals surface area contributed by atoms with E-state index in [1.54, 1.807) is 18.2 Å². The Balaban J connectivity index is 1.29. The lowest BCUT2D eigenvalue weighted by Gasteiger charge is -2.13. The Hall–Kier alpha value is -4.12. The second kappa shape index (κ2) is 17.2. The summed E-state index contributed by atoms with van der Waals surface area (Å²) in [5.41, 5.74) is 3.46. The molecule has 0 aliphatic rings. The van der Waals surface area contributed by atoms with Crippen LogP contribution < -0.4 is 9.47 Å². The third-order valence-electron chi connectivity index (χ3n) is 7.97. The molecule has 0 saturated heterocycles. The van der Waals surface area contributed by atoms with Crippen LogP contribution in [-0.2, 0) is 9.53 Å². The molecule has 0 heterocycles. The van der Waals surface area contributed by atoms with Crippen LogP contribution >= 0.6 is 0 Å². The van der Waals surface area contributed by atoms with E-state index in [1.807, 2.05) is 73.7 Å². The van der Waals surface area contributed by atoms with Gasteiger partial charge < -0.3 is 14.2 Å². The summed E-state index contributed by atoms with van der Waals surface area (Å²) in [6, 6.07) is 26.9. The maximum absolute atomic E-state index is 12.9. The Morgan fingerprint density at radius 3 is 1.89 bits per heavy atom. The van der Waals surface area contributed by atoms with Gasteiger partial charge in [-0.3, -0.25) is 4.79 Å². The van der Waals surface area contributed by atoms with Crippen molar-refractivity contribution in [3.63, 3.8) is 0 Å². The van der Waals surface area contributed by atoms with E-state index < -0.39 is 5.97 Å². The summed E-state index contributed by atoms with van der Waals surface area (Å²) in [5.74, 6) is 0.390. The monoisotopic (exact) mass is 594 g/mol. The molecule has 232 valence electrons. The van der Waals surface area contributed by atoms with E-state index in [-0.39, 0.29) is 11.9 Å². The Labute approximate surface area is 262 Å². The Morgan fingerprint density at radius 2 is 1.18 bits per heavy atom. The molecule has 1 atom stereocenters. The van der Waals surface area contributed by atoms with Crippen LogP contribution in [0.1, 0.15) is 100 Å². The maximum atomic E-state index is 12.9. The normalized spacial score (nSPS) is 11.7. The molecular weight excluding hydrogens is 548 g/mol. The molecule has 5 heteroatoms. The SMILES string of the molecule is CCCCCCCOc1ccc(-c2ccc(C(=O)Oc3ccc4cc([C@H](C)C(=O)OCCCCCC)ccc4c3)cc2)cc1. The largest absolute Gasteiger partial charge is 0.494 e. The molecule has 4 rings (SSSR count). The molecule has 0 fully saturated rings. The molecule has 0 amide bonds. The van der Waals surface area contributed by atoms with Crippen LogP contribution in [0.15, 0.2) is 84.9 Å². The van der Waals surface area contributed by atoms with Gasteiger partial charge in [0, 0.05) is 0 Å². The van der Waals surface area contributed by atoms with E-state index in [1.165, 1.54) is 25.7 Å². The summed E-state index contributed by atoms with van der Waals surface area (Å²) < 4.78 is 17.1. The summed E-state index contributed by atoms with van der Waals surface area (Å²) in [6.07, 6.45) is 10.4. The van der Waals surface area contributed by atoms with Crippen molar-refractivity contribution in [1.29, 1.82) is 0 Å². The first-order valence-electron chi connectivity index (χ1n) is 16.2. The van der Waals surface area contributed by atoms with E-state index in [2.05, 4.69) is 13.8 Å². The first-order chi connectivity index (χ1) is 21.5. The van der Waals surface area contributed by atoms with Crippen LogP contribution in [0.5, 0.6) is 11.5 Å². The molecular formula is C39H46O5. The van der Waals surface area contributed by atoms with Crippen LogP contribution in [0.4, 0.5) is 0 Å². The molecule has 0 bridgehead atoms. The predicted molar refractivity (Wildman–Crippen MR) is 179 cm³/mol. The van der Waals surface area contributed by atoms with Crippen molar-refractivity contribution >= 4 is 22.7 Å². The summed E-state index contributed by atoms with van der Waals surface area (Å²) in [6.45, 7) is 7.47. The van der Waals surface area contributed by atoms with Crippen LogP contribution in [0.3, 0.4) is 0 Å². The van der Waals surface area contributed by atoms with Gasteiger partial charge in [0.1, 0.15) is 11.5 Å². The third kappa shape index (κ3) is 9.70. The van der Waals surface area contributed by atoms with Crippen molar-refractivity contribution in [1.82, 2.24) is 0 Å². The van der Waals surface area contributed by atoms with Crippen LogP contribution in [0, 0.1) is 0 Å². The number of hydrogen-bond acceptors (Lipinski definition) is 5. The molecule has 0 unspecified atom stereocenters. The number of fused-ring (bicyclic) bond motifs is 1. The standard InChI is InChI=1S/C39H46O5/c1-4-6-8-10-12-25-42-36-22-19-31(20-23-36)30-13-15-32(16-14-30)39(41)44-37-24-21-34-27-33(17-18-35(34)28-37)29(3)38(40)43-26-11-9-7-5-2/h13-24,27-29H,4-12,25-26H2,1-3H3/t29-/m0/s1. The van der Waals surface area contributed by atoms with E-state index in [4.69, 9.17) is 14.2 Å². The Kier molecular flexibility index (Phi) is 12.8. The zero-order valence-corrected chi connectivity index (χ0v) is 26.5. The lowest BCUT2D eigenvalue weighted by molar-refractivity contribution is -0.145. The molecule has 0 aromatic heterocycles. The molecule has 5 nitrogen and oxygen atoms in total. The lowest BCUT2D eigenvalue weighted by atomic mass is 9.98. The fourth-order valence-electron chi connectivity index (χ4n) is 5.14. The molecule has 4 aromatic rings. The molecule has 0 saturated carbocycles. The molecule has 4 aromatic carbocycles. The van der Waals surface area contributed by atoms with E-state index >= 15 is 0 Å². The van der Waals surface area contributed by atoms with Gasteiger partial charge in [0.15, 0.2) is 0 Å². The highest BCUT2D eigenvalue weighted by atomic mass is 16.5. The fourth-order valence-corrected chi connectivity index (χ4v) is 5.14. The molecule has 0 aliphatic carbocycles. The van der Waals surface area contributed by atoms with Gasteiger partial charge in [-0.15, -0.1) is 0 Å². The number of carbonyl (C=O) groups is 2. The minimum atomic E-state index is -0.412. The fraction of sp³-hybridized carbons (Fsp3) is 0.385. The van der Waals surface area contributed by atoms with Crippen molar-refractivity contribution in [2.45, 2.75) is 84.5 Å². The smallest absolute Gasteiger partial charge is 0.343 e. The second-order valence-electron chi connectivity index (χ2n) is 11.5. The second-order valence-corrected chi connectivity index (χ2v) is 11.5. The van der Waals surface area contributed by atoms with E-state index in [0.717, 1.165) is 71.9 Å². The Morgan fingerprint density at radius 1 is 0.614 bits per heavy atom. The van der Waals surface area contributed by atoms with Gasteiger partial charge in [-0.1, -0.05) is 107 Å². The predicted octanol–water partition coefficient (Wildman–Crippen LogP) is 10.3. The van der Waals surface area contributed by atoms with Gasteiger partial charge in [-0.2, -0.15) is 0 Å². The van der Waals surface area contributed by atoms with Gasteiger partial charge in [0.2, 0.25) is 0 Å². The topological polar surface area (TPSA) is 61.8 Å². The van der Waals surface area contributed by atoms with Crippen molar-refractivity contribution < 1.29 is 23.8 Å². The minimum absolute atomic E-state index is 0.202. The first kappa shape index (κ1) is 32.8. The van der Waals surface area contributed by atoms with Crippen LogP contribution in [0.2, 0.25) is 0 Å². The van der Waals surface area contributed by atoms with Crippen molar-refractivity contribution in [3.05, 3.63) is 96.1 Å². The molecule has 0 N–H and O–H groups in total. The van der Waals surface area contributed by atoms with Gasteiger partial charge in [-0.05, 0) is 83.6 Å². The van der Waals surface area contributed by atoms with Gasteiger partial charge >= 0.3 is 11.9 Å². The number of unbranched alkanes of at least 4 members (excludes halogenated alkanes) is 7. The molecule has 0 spiro atoms. The third-order valence-corrected chi connectivity index (χ3v) is 7.97. The van der Waals surface area contributed by atoms with Crippen molar-refractivity contribution in [2.24, 2.45) is 0 Å². The summed E-state index contributed by atoms with van der Waals surface area (Å²) in [4.78, 5) is 25.4. The highest BCUT2D eigenvalue weighted by Crippen LogP contribution is 2.27. The number of benzene rings is 4. The summed E-state index contributed by atoms with van der Waals surface area (Å²) in [7, 11) is 0. The van der Waals surface area contributed by atoms with E-state index in [0.29, 0.717) is 17.9 Å². The average molecular weight is 595 g/mol. The molecule has 44 heavy (non-hydrogen) atoms. The first-order valence-corrected chi connectivity index (χ1v) is 16.2. The van der Waals surface area contributed by atoms with Crippen molar-refractivity contribution in [2.75, 3.05) is 13.2 Å². The quantitative estimate of drug-likeness (QED) is 0.0691. The number of rotatable bonds is 17. The van der Waals surface area contributed by atoms with Gasteiger partial charge in [0.25, 0.3) is 0 Å². The van der Waals surface area contributed by atoms with Crippen LogP contribution in [-0.4, -0.2) is 25.2 Å². The zero-order valence-electron chi connectivity index (χ0n) is 26.5. The highest BCUT2D eigenvalue weighted by molar-refractivity contribution is 5.93. The summed E-state index contributed by atoms with van der Waals surface area (Å²) in [5, 5.41) is 1.90. The average Bonchev–Trinajstić information content (AvgIpc) is 3.06. The van der Waals surface area contributed by atoms with Gasteiger partial charge in [0.05, 0.1) is 24.7 Å². The van der Waals surface area contributed by atoms with Crippen LogP contribution in [0.25, 0.3) is 21.9 Å². The Bertz CT molecular complexity index is 1470. The summed E-state index contributed by atoms with van der Waals surface area (Å²) >= 11 is 0. The lowest BCUT2D eigenvalue weighted by Crippen LogP contribution is -2.14. The number of hydrogen-bond donors (Lipinski definition) is 0. The number of esters is 2. The maximum Gasteiger partial charge on any atom is 0.343 e.